The van der Waals surface area contributed by atoms with Gasteiger partial charge in [-0.2, -0.15) is 12.6 Å². The topological polar surface area (TPSA) is 0 Å². The predicted octanol–water partition coefficient (Wildman–Crippen LogP) is 5.16. The summed E-state index contributed by atoms with van der Waals surface area (Å²) in [6.45, 7) is 7.01. The Morgan fingerprint density at radius 2 is 0.933 bits per heavy atom. The molecule has 0 saturated heterocycles. The van der Waals surface area contributed by atoms with Gasteiger partial charge >= 0.3 is 92.4 Å². The molecule has 0 fully saturated rings. The van der Waals surface area contributed by atoms with Crippen LogP contribution < -0.4 is 0 Å². The molecule has 0 radical (unpaired) electrons. The van der Waals surface area contributed by atoms with Crippen LogP contribution in [0.25, 0.3) is 0 Å². The molecule has 0 nitrogen and oxygen atoms in total. The van der Waals surface area contributed by atoms with Crippen molar-refractivity contribution in [2.45, 2.75) is 72.6 Å². The molecule has 0 aliphatic carbocycles. The fraction of sp³-hybridized carbons (Fsp3) is 1.00. The second kappa shape index (κ2) is 17.5. The van der Waals surface area contributed by atoms with E-state index < -0.39 is 19.8 Å². The molecular formula is C13H32SSn. The minimum atomic E-state index is -0.967. The van der Waals surface area contributed by atoms with E-state index in [4.69, 9.17) is 0 Å². The van der Waals surface area contributed by atoms with Gasteiger partial charge in [0.05, 0.1) is 0 Å². The maximum atomic E-state index is 3.53. The summed E-state index contributed by atoms with van der Waals surface area (Å²) in [6.07, 6.45) is 10.6. The van der Waals surface area contributed by atoms with Crippen molar-refractivity contribution >= 4 is 32.4 Å². The molecule has 0 atom stereocenters. The Morgan fingerprint density at radius 1 is 0.667 bits per heavy atom. The van der Waals surface area contributed by atoms with Crippen LogP contribution in [-0.2, 0) is 0 Å². The van der Waals surface area contributed by atoms with Gasteiger partial charge in [-0.3, -0.25) is 0 Å². The normalized spacial score (nSPS) is 10.0. The van der Waals surface area contributed by atoms with Crippen molar-refractivity contribution in [3.8, 4) is 0 Å². The monoisotopic (exact) mass is 340 g/mol. The zero-order chi connectivity index (χ0) is 11.9. The third-order valence-electron chi connectivity index (χ3n) is 2.90. The van der Waals surface area contributed by atoms with E-state index in [0.29, 0.717) is 0 Å². The minimum absolute atomic E-state index is 0.967. The van der Waals surface area contributed by atoms with Gasteiger partial charge in [-0.15, -0.1) is 0 Å². The Bertz CT molecular complexity index is 77.5. The van der Waals surface area contributed by atoms with Crippen LogP contribution in [0, 0.1) is 0 Å². The molecule has 0 unspecified atom stereocenters. The second-order valence-electron chi connectivity index (χ2n) is 4.29. The molecule has 0 aliphatic rings. The van der Waals surface area contributed by atoms with E-state index in [1.54, 1.807) is 19.6 Å². The van der Waals surface area contributed by atoms with Crippen LogP contribution >= 0.6 is 12.6 Å². The van der Waals surface area contributed by atoms with Gasteiger partial charge in [0.15, 0.2) is 0 Å². The van der Waals surface area contributed by atoms with Crippen molar-refractivity contribution in [3.05, 3.63) is 0 Å². The third-order valence-corrected chi connectivity index (χ3v) is 13.4. The first-order valence-corrected chi connectivity index (χ1v) is 14.7. The SMILES string of the molecule is CCC[CH2][SnH]([CH2]CCC)[CH2]CCC.CS. The summed E-state index contributed by atoms with van der Waals surface area (Å²) in [6, 6.07) is 0. The van der Waals surface area contributed by atoms with Crippen LogP contribution in [0.15, 0.2) is 0 Å². The Kier molecular flexibility index (Phi) is 21.6. The van der Waals surface area contributed by atoms with Crippen LogP contribution in [0.2, 0.25) is 13.3 Å². The van der Waals surface area contributed by atoms with Gasteiger partial charge in [0, 0.05) is 0 Å². The van der Waals surface area contributed by atoms with E-state index in [1.807, 2.05) is 0 Å². The average Bonchev–Trinajstić information content (AvgIpc) is 2.31. The van der Waals surface area contributed by atoms with E-state index in [2.05, 4.69) is 33.4 Å². The number of unbranched alkanes of at least 4 members (excludes halogenated alkanes) is 3. The van der Waals surface area contributed by atoms with Crippen molar-refractivity contribution in [2.75, 3.05) is 6.26 Å². The van der Waals surface area contributed by atoms with Crippen LogP contribution in [0.4, 0.5) is 0 Å². The summed E-state index contributed by atoms with van der Waals surface area (Å²) >= 11 is 2.56. The molecule has 0 rings (SSSR count). The largest absolute Gasteiger partial charge is 0.183 e. The quantitative estimate of drug-likeness (QED) is 0.435. The zero-order valence-corrected chi connectivity index (χ0v) is 15.6. The molecular weight excluding hydrogens is 307 g/mol. The molecule has 0 aromatic rings. The molecule has 0 aromatic carbocycles. The molecule has 0 aliphatic heterocycles. The Morgan fingerprint density at radius 3 is 1.13 bits per heavy atom. The van der Waals surface area contributed by atoms with Crippen molar-refractivity contribution in [1.82, 2.24) is 0 Å². The molecule has 0 saturated carbocycles. The maximum absolute atomic E-state index is 3.53. The summed E-state index contributed by atoms with van der Waals surface area (Å²) in [5.74, 6) is 0. The molecule has 0 spiro atoms. The second-order valence-corrected chi connectivity index (χ2v) is 14.2. The summed E-state index contributed by atoms with van der Waals surface area (Å²) in [4.78, 5) is 0. The summed E-state index contributed by atoms with van der Waals surface area (Å²) in [7, 11) is 0. The van der Waals surface area contributed by atoms with Gasteiger partial charge in [0.1, 0.15) is 0 Å². The van der Waals surface area contributed by atoms with Gasteiger partial charge < -0.3 is 0 Å². The van der Waals surface area contributed by atoms with Crippen molar-refractivity contribution in [3.63, 3.8) is 0 Å². The first kappa shape index (κ1) is 18.5. The molecule has 94 valence electrons. The fourth-order valence-corrected chi connectivity index (χ4v) is 12.8. The number of hydrogen-bond donors (Lipinski definition) is 1. The third kappa shape index (κ3) is 15.1. The van der Waals surface area contributed by atoms with Gasteiger partial charge in [-0.1, -0.05) is 0 Å². The zero-order valence-electron chi connectivity index (χ0n) is 11.4. The van der Waals surface area contributed by atoms with E-state index >= 15 is 0 Å². The van der Waals surface area contributed by atoms with Gasteiger partial charge in [-0.25, -0.2) is 0 Å². The minimum Gasteiger partial charge on any atom is -0.183 e. The Hall–Kier alpha value is 1.15. The number of thiol groups is 1. The molecule has 0 heterocycles. The first-order chi connectivity index (χ1) is 7.35. The van der Waals surface area contributed by atoms with E-state index in [1.165, 1.54) is 38.5 Å². The van der Waals surface area contributed by atoms with Gasteiger partial charge in [-0.05, 0) is 6.26 Å². The van der Waals surface area contributed by atoms with Gasteiger partial charge in [0.25, 0.3) is 0 Å². The maximum Gasteiger partial charge on any atom is -0.0215 e. The Balaban J connectivity index is 0. The molecule has 15 heavy (non-hydrogen) atoms. The van der Waals surface area contributed by atoms with E-state index in [0.717, 1.165) is 0 Å². The van der Waals surface area contributed by atoms with Crippen LogP contribution in [0.5, 0.6) is 0 Å². The van der Waals surface area contributed by atoms with E-state index in [-0.39, 0.29) is 0 Å². The summed E-state index contributed by atoms with van der Waals surface area (Å²) in [5.41, 5.74) is 0. The molecule has 0 N–H and O–H groups in total. The predicted molar refractivity (Wildman–Crippen MR) is 81.2 cm³/mol. The standard InChI is InChI=1S/3C4H9.CH4S.Sn.H/c3*1-3-4-2;1-2;;/h3*1,3-4H2,2H3;2H,1H3;;. The average molecular weight is 339 g/mol. The summed E-state index contributed by atoms with van der Waals surface area (Å²) in [5, 5.41) is 0. The molecule has 0 amide bonds. The van der Waals surface area contributed by atoms with Gasteiger partial charge in [0.2, 0.25) is 0 Å². The van der Waals surface area contributed by atoms with Crippen molar-refractivity contribution in [1.29, 1.82) is 0 Å². The van der Waals surface area contributed by atoms with Crippen molar-refractivity contribution in [2.24, 2.45) is 0 Å². The number of rotatable bonds is 9. The van der Waals surface area contributed by atoms with Crippen LogP contribution in [-0.4, -0.2) is 26.0 Å². The molecule has 0 aromatic heterocycles. The summed E-state index contributed by atoms with van der Waals surface area (Å²) < 4.78 is 5.08. The fourth-order valence-electron chi connectivity index (χ4n) is 1.91. The van der Waals surface area contributed by atoms with Crippen molar-refractivity contribution < 1.29 is 0 Å². The van der Waals surface area contributed by atoms with E-state index in [9.17, 15) is 0 Å². The number of hydrogen-bond acceptors (Lipinski definition) is 1. The molecule has 2 heteroatoms. The smallest absolute Gasteiger partial charge is 0.0215 e. The Labute approximate surface area is 111 Å². The first-order valence-electron chi connectivity index (χ1n) is 6.79. The van der Waals surface area contributed by atoms with Crippen LogP contribution in [0.3, 0.4) is 0 Å². The van der Waals surface area contributed by atoms with Crippen LogP contribution in [0.1, 0.15) is 59.3 Å². The molecule has 0 bridgehead atoms.